The first-order valence-corrected chi connectivity index (χ1v) is 5.51. The fourth-order valence-corrected chi connectivity index (χ4v) is 1.31. The molecule has 1 rings (SSSR count). The van der Waals surface area contributed by atoms with Crippen LogP contribution in [0.3, 0.4) is 0 Å². The highest BCUT2D eigenvalue weighted by molar-refractivity contribution is 5.96. The summed E-state index contributed by atoms with van der Waals surface area (Å²) < 4.78 is 5.41. The Morgan fingerprint density at radius 1 is 1.29 bits per heavy atom. The third kappa shape index (κ3) is 4.15. The topological polar surface area (TPSA) is 38.3 Å². The van der Waals surface area contributed by atoms with E-state index in [1.807, 2.05) is 12.1 Å². The van der Waals surface area contributed by atoms with Gasteiger partial charge in [0, 0.05) is 6.54 Å². The predicted octanol–water partition coefficient (Wildman–Crippen LogP) is 2.56. The molecule has 0 aliphatic rings. The minimum Gasteiger partial charge on any atom is -0.489 e. The summed E-state index contributed by atoms with van der Waals surface area (Å²) in [5, 5.41) is 2.80. The zero-order valence-corrected chi connectivity index (χ0v) is 9.82. The molecule has 0 saturated carbocycles. The van der Waals surface area contributed by atoms with Crippen LogP contribution in [0.2, 0.25) is 0 Å². The molecule has 0 saturated heterocycles. The van der Waals surface area contributed by atoms with Gasteiger partial charge in [-0.3, -0.25) is 4.79 Å². The average Bonchev–Trinajstić information content (AvgIpc) is 2.37. The average molecular weight is 231 g/mol. The number of para-hydroxylation sites is 1. The molecule has 17 heavy (non-hydrogen) atoms. The minimum absolute atomic E-state index is 0.133. The van der Waals surface area contributed by atoms with E-state index in [1.54, 1.807) is 24.3 Å². The predicted molar refractivity (Wildman–Crippen MR) is 69.3 cm³/mol. The Hall–Kier alpha value is -2.03. The first kappa shape index (κ1) is 13.0. The normalized spacial score (nSPS) is 9.41. The second-order valence-electron chi connectivity index (χ2n) is 3.43. The Morgan fingerprint density at radius 2 is 2.06 bits per heavy atom. The third-order valence-corrected chi connectivity index (χ3v) is 2.12. The van der Waals surface area contributed by atoms with Crippen molar-refractivity contribution in [2.75, 3.05) is 13.2 Å². The highest BCUT2D eigenvalue weighted by Gasteiger charge is 2.10. The van der Waals surface area contributed by atoms with Crippen molar-refractivity contribution in [1.29, 1.82) is 0 Å². The minimum atomic E-state index is -0.133. The molecule has 0 atom stereocenters. The Bertz CT molecular complexity index is 399. The van der Waals surface area contributed by atoms with E-state index in [9.17, 15) is 4.79 Å². The van der Waals surface area contributed by atoms with Crippen LogP contribution in [0, 0.1) is 0 Å². The largest absolute Gasteiger partial charge is 0.489 e. The first-order chi connectivity index (χ1) is 8.29. The maximum absolute atomic E-state index is 11.9. The van der Waals surface area contributed by atoms with Crippen molar-refractivity contribution in [1.82, 2.24) is 5.32 Å². The second kappa shape index (κ2) is 7.28. The van der Waals surface area contributed by atoms with Crippen molar-refractivity contribution in [3.8, 4) is 5.75 Å². The van der Waals surface area contributed by atoms with Gasteiger partial charge in [-0.2, -0.15) is 0 Å². The van der Waals surface area contributed by atoms with Gasteiger partial charge in [0.15, 0.2) is 0 Å². The molecule has 0 radical (unpaired) electrons. The Morgan fingerprint density at radius 3 is 2.76 bits per heavy atom. The molecule has 3 heteroatoms. The summed E-state index contributed by atoms with van der Waals surface area (Å²) in [5.74, 6) is 0.440. The molecular weight excluding hydrogens is 214 g/mol. The Balaban J connectivity index is 2.70. The van der Waals surface area contributed by atoms with Gasteiger partial charge < -0.3 is 10.1 Å². The van der Waals surface area contributed by atoms with Crippen LogP contribution >= 0.6 is 0 Å². The molecule has 0 aliphatic carbocycles. The number of ether oxygens (including phenoxy) is 1. The van der Waals surface area contributed by atoms with E-state index >= 15 is 0 Å². The lowest BCUT2D eigenvalue weighted by Gasteiger charge is -2.09. The maximum atomic E-state index is 11.9. The number of benzene rings is 1. The smallest absolute Gasteiger partial charge is 0.255 e. The second-order valence-corrected chi connectivity index (χ2v) is 3.43. The lowest BCUT2D eigenvalue weighted by Crippen LogP contribution is -2.24. The molecule has 0 heterocycles. The van der Waals surface area contributed by atoms with Crippen LogP contribution < -0.4 is 10.1 Å². The molecule has 0 fully saturated rings. The van der Waals surface area contributed by atoms with Gasteiger partial charge in [0.1, 0.15) is 12.4 Å². The standard InChI is InChI=1S/C14H17NO2/c1-3-5-10-15-14(16)12-8-6-7-9-13(12)17-11-4-2/h3-4,6-9H,1-2,5,10-11H2,(H,15,16). The van der Waals surface area contributed by atoms with Gasteiger partial charge in [-0.1, -0.05) is 30.9 Å². The first-order valence-electron chi connectivity index (χ1n) is 5.51. The van der Waals surface area contributed by atoms with Gasteiger partial charge in [0.05, 0.1) is 5.56 Å². The van der Waals surface area contributed by atoms with Gasteiger partial charge >= 0.3 is 0 Å². The van der Waals surface area contributed by atoms with Crippen molar-refractivity contribution >= 4 is 5.91 Å². The zero-order valence-electron chi connectivity index (χ0n) is 9.82. The quantitative estimate of drug-likeness (QED) is 0.578. The van der Waals surface area contributed by atoms with E-state index in [4.69, 9.17) is 4.74 Å². The number of hydrogen-bond donors (Lipinski definition) is 1. The van der Waals surface area contributed by atoms with Crippen LogP contribution in [-0.2, 0) is 0 Å². The molecule has 0 aliphatic heterocycles. The summed E-state index contributed by atoms with van der Waals surface area (Å²) in [6.07, 6.45) is 4.16. The number of nitrogens with one attached hydrogen (secondary N) is 1. The van der Waals surface area contributed by atoms with E-state index in [0.717, 1.165) is 6.42 Å². The number of hydrogen-bond acceptors (Lipinski definition) is 2. The van der Waals surface area contributed by atoms with E-state index in [-0.39, 0.29) is 5.91 Å². The van der Waals surface area contributed by atoms with E-state index in [0.29, 0.717) is 24.5 Å². The van der Waals surface area contributed by atoms with Crippen LogP contribution in [0.1, 0.15) is 16.8 Å². The molecule has 0 aromatic heterocycles. The van der Waals surface area contributed by atoms with Crippen LogP contribution in [-0.4, -0.2) is 19.1 Å². The molecule has 90 valence electrons. The number of amides is 1. The zero-order chi connectivity index (χ0) is 12.5. The highest BCUT2D eigenvalue weighted by Crippen LogP contribution is 2.17. The van der Waals surface area contributed by atoms with Gasteiger partial charge in [0.25, 0.3) is 5.91 Å². The summed E-state index contributed by atoms with van der Waals surface area (Å²) in [6.45, 7) is 8.14. The molecule has 3 nitrogen and oxygen atoms in total. The maximum Gasteiger partial charge on any atom is 0.255 e. The number of carbonyl (C=O) groups is 1. The monoisotopic (exact) mass is 231 g/mol. The number of rotatable bonds is 7. The van der Waals surface area contributed by atoms with Crippen molar-refractivity contribution < 1.29 is 9.53 Å². The Labute approximate surface area is 102 Å². The highest BCUT2D eigenvalue weighted by atomic mass is 16.5. The molecule has 0 bridgehead atoms. The SMILES string of the molecule is C=CCCNC(=O)c1ccccc1OCC=C. The molecule has 0 unspecified atom stereocenters. The van der Waals surface area contributed by atoms with Crippen molar-refractivity contribution in [3.63, 3.8) is 0 Å². The molecule has 1 aromatic carbocycles. The summed E-state index contributed by atoms with van der Waals surface area (Å²) in [7, 11) is 0. The molecule has 1 aromatic rings. The molecule has 1 amide bonds. The molecule has 1 N–H and O–H groups in total. The van der Waals surface area contributed by atoms with Crippen LogP contribution in [0.25, 0.3) is 0 Å². The van der Waals surface area contributed by atoms with Crippen LogP contribution in [0.15, 0.2) is 49.6 Å². The van der Waals surface area contributed by atoms with E-state index in [2.05, 4.69) is 18.5 Å². The fourth-order valence-electron chi connectivity index (χ4n) is 1.31. The number of carbonyl (C=O) groups excluding carboxylic acids is 1. The molecular formula is C14H17NO2. The molecule has 0 spiro atoms. The third-order valence-electron chi connectivity index (χ3n) is 2.12. The van der Waals surface area contributed by atoms with Gasteiger partial charge in [0.2, 0.25) is 0 Å². The fraction of sp³-hybridized carbons (Fsp3) is 0.214. The summed E-state index contributed by atoms with van der Waals surface area (Å²) >= 11 is 0. The summed E-state index contributed by atoms with van der Waals surface area (Å²) in [4.78, 5) is 11.9. The van der Waals surface area contributed by atoms with E-state index < -0.39 is 0 Å². The van der Waals surface area contributed by atoms with E-state index in [1.165, 1.54) is 0 Å². The Kier molecular flexibility index (Phi) is 5.58. The van der Waals surface area contributed by atoms with Crippen LogP contribution in [0.4, 0.5) is 0 Å². The van der Waals surface area contributed by atoms with Crippen molar-refractivity contribution in [3.05, 3.63) is 55.1 Å². The van der Waals surface area contributed by atoms with Gasteiger partial charge in [-0.25, -0.2) is 0 Å². The van der Waals surface area contributed by atoms with Crippen molar-refractivity contribution in [2.24, 2.45) is 0 Å². The van der Waals surface area contributed by atoms with Gasteiger partial charge in [-0.05, 0) is 18.6 Å². The van der Waals surface area contributed by atoms with Crippen molar-refractivity contribution in [2.45, 2.75) is 6.42 Å². The lowest BCUT2D eigenvalue weighted by atomic mass is 10.2. The summed E-state index contributed by atoms with van der Waals surface area (Å²) in [5.41, 5.74) is 0.540. The summed E-state index contributed by atoms with van der Waals surface area (Å²) in [6, 6.07) is 7.15. The van der Waals surface area contributed by atoms with Gasteiger partial charge in [-0.15, -0.1) is 6.58 Å². The van der Waals surface area contributed by atoms with Crippen LogP contribution in [0.5, 0.6) is 5.75 Å². The lowest BCUT2D eigenvalue weighted by molar-refractivity contribution is 0.0951.